The van der Waals surface area contributed by atoms with Crippen molar-refractivity contribution < 1.29 is 22.0 Å². The third-order valence-corrected chi connectivity index (χ3v) is 6.37. The van der Waals surface area contributed by atoms with Crippen LogP contribution in [0.15, 0.2) is 49.0 Å². The van der Waals surface area contributed by atoms with Crippen molar-refractivity contribution in [2.24, 2.45) is 7.05 Å². The SMILES string of the molecule is C=C(c1ccc(Cl)c(C(F)(F)F)c1)N(CCCCC)c1ccc(-c2cc(C(C)(F)F)nn2C)c(C)c1. The number of anilines is 1. The minimum Gasteiger partial charge on any atom is -0.341 e. The lowest BCUT2D eigenvalue weighted by Crippen LogP contribution is -2.23. The normalized spacial score (nSPS) is 12.2. The molecule has 0 atom stereocenters. The molecule has 0 N–H and O–H groups in total. The van der Waals surface area contributed by atoms with Gasteiger partial charge in [-0.1, -0.05) is 50.1 Å². The topological polar surface area (TPSA) is 21.1 Å². The second-order valence-corrected chi connectivity index (χ2v) is 9.33. The summed E-state index contributed by atoms with van der Waals surface area (Å²) in [5, 5.41) is 3.58. The number of halogens is 6. The fourth-order valence-corrected chi connectivity index (χ4v) is 4.28. The molecular weight excluding hydrogens is 497 g/mol. The van der Waals surface area contributed by atoms with Crippen molar-refractivity contribution in [3.8, 4) is 11.3 Å². The van der Waals surface area contributed by atoms with E-state index < -0.39 is 17.7 Å². The molecule has 3 nitrogen and oxygen atoms in total. The highest BCUT2D eigenvalue weighted by atomic mass is 35.5. The Hall–Kier alpha value is -2.87. The number of aromatic nitrogens is 2. The molecule has 0 bridgehead atoms. The van der Waals surface area contributed by atoms with Crippen LogP contribution < -0.4 is 4.90 Å². The third kappa shape index (κ3) is 6.09. The van der Waals surface area contributed by atoms with Gasteiger partial charge in [-0.2, -0.15) is 27.1 Å². The molecule has 0 aliphatic carbocycles. The number of rotatable bonds is 9. The molecule has 3 aromatic rings. The molecule has 9 heteroatoms. The van der Waals surface area contributed by atoms with Crippen molar-refractivity contribution in [3.63, 3.8) is 0 Å². The van der Waals surface area contributed by atoms with Gasteiger partial charge in [0.25, 0.3) is 5.92 Å². The Morgan fingerprint density at radius 1 is 1.06 bits per heavy atom. The maximum Gasteiger partial charge on any atom is 0.417 e. The first-order valence-corrected chi connectivity index (χ1v) is 12.0. The largest absolute Gasteiger partial charge is 0.417 e. The van der Waals surface area contributed by atoms with Crippen LogP contribution in [0.2, 0.25) is 5.02 Å². The van der Waals surface area contributed by atoms with Crippen LogP contribution in [-0.2, 0) is 19.1 Å². The van der Waals surface area contributed by atoms with Gasteiger partial charge in [-0.3, -0.25) is 4.68 Å². The van der Waals surface area contributed by atoms with E-state index in [1.807, 2.05) is 30.0 Å². The van der Waals surface area contributed by atoms with Gasteiger partial charge in [0, 0.05) is 37.5 Å². The zero-order valence-corrected chi connectivity index (χ0v) is 21.4. The maximum absolute atomic E-state index is 13.8. The minimum atomic E-state index is -4.59. The molecule has 0 unspecified atom stereocenters. The Morgan fingerprint density at radius 3 is 2.31 bits per heavy atom. The summed E-state index contributed by atoms with van der Waals surface area (Å²) in [6, 6.07) is 10.6. The summed E-state index contributed by atoms with van der Waals surface area (Å²) < 4.78 is 69.3. The smallest absolute Gasteiger partial charge is 0.341 e. The van der Waals surface area contributed by atoms with E-state index in [2.05, 4.69) is 18.6 Å². The van der Waals surface area contributed by atoms with Gasteiger partial charge in [0.2, 0.25) is 0 Å². The van der Waals surface area contributed by atoms with Gasteiger partial charge in [-0.05, 0) is 54.8 Å². The van der Waals surface area contributed by atoms with Crippen LogP contribution >= 0.6 is 11.6 Å². The third-order valence-electron chi connectivity index (χ3n) is 6.04. The molecule has 0 spiro atoms. The highest BCUT2D eigenvalue weighted by molar-refractivity contribution is 6.31. The molecule has 0 fully saturated rings. The van der Waals surface area contributed by atoms with Crippen molar-refractivity contribution in [3.05, 3.63) is 76.5 Å². The average Bonchev–Trinajstić information content (AvgIpc) is 3.18. The van der Waals surface area contributed by atoms with Gasteiger partial charge in [-0.25, -0.2) is 0 Å². The second-order valence-electron chi connectivity index (χ2n) is 8.92. The first kappa shape index (κ1) is 27.7. The predicted molar refractivity (Wildman–Crippen MR) is 135 cm³/mol. The Kier molecular flexibility index (Phi) is 8.18. The molecule has 0 saturated heterocycles. The molecular formula is C27H29ClF5N3. The summed E-state index contributed by atoms with van der Waals surface area (Å²) in [6.45, 7) is 9.37. The number of aryl methyl sites for hydroxylation is 2. The summed E-state index contributed by atoms with van der Waals surface area (Å²) >= 11 is 5.81. The van der Waals surface area contributed by atoms with E-state index in [9.17, 15) is 22.0 Å². The van der Waals surface area contributed by atoms with E-state index in [-0.39, 0.29) is 10.7 Å². The average molecular weight is 526 g/mol. The molecule has 1 heterocycles. The van der Waals surface area contributed by atoms with Crippen LogP contribution in [0.3, 0.4) is 0 Å². The lowest BCUT2D eigenvalue weighted by atomic mass is 10.0. The summed E-state index contributed by atoms with van der Waals surface area (Å²) in [5.41, 5.74) is 2.31. The predicted octanol–water partition coefficient (Wildman–Crippen LogP) is 8.85. The Labute approximate surface area is 213 Å². The van der Waals surface area contributed by atoms with Crippen molar-refractivity contribution >= 4 is 23.0 Å². The lowest BCUT2D eigenvalue weighted by Gasteiger charge is -2.28. The Morgan fingerprint density at radius 2 is 1.75 bits per heavy atom. The van der Waals surface area contributed by atoms with Gasteiger partial charge in [0.15, 0.2) is 0 Å². The number of benzene rings is 2. The van der Waals surface area contributed by atoms with Crippen molar-refractivity contribution in [2.75, 3.05) is 11.4 Å². The zero-order chi connectivity index (χ0) is 26.8. The lowest BCUT2D eigenvalue weighted by molar-refractivity contribution is -0.137. The van der Waals surface area contributed by atoms with Gasteiger partial charge in [0.1, 0.15) is 5.69 Å². The van der Waals surface area contributed by atoms with Crippen LogP contribution in [0.5, 0.6) is 0 Å². The number of unbranched alkanes of at least 4 members (excludes halogenated alkanes) is 2. The fraction of sp³-hybridized carbons (Fsp3) is 0.370. The zero-order valence-electron chi connectivity index (χ0n) is 20.7. The number of hydrogen-bond acceptors (Lipinski definition) is 2. The molecule has 3 rings (SSSR count). The summed E-state index contributed by atoms with van der Waals surface area (Å²) in [7, 11) is 1.61. The monoisotopic (exact) mass is 525 g/mol. The number of nitrogens with zero attached hydrogens (tertiary/aromatic N) is 3. The summed E-state index contributed by atoms with van der Waals surface area (Å²) in [6.07, 6.45) is -1.86. The summed E-state index contributed by atoms with van der Waals surface area (Å²) in [5.74, 6) is -3.06. The Balaban J connectivity index is 2.01. The first-order chi connectivity index (χ1) is 16.7. The van der Waals surface area contributed by atoms with Gasteiger partial charge in [-0.15, -0.1) is 0 Å². The molecule has 2 aromatic carbocycles. The molecule has 1 aromatic heterocycles. The van der Waals surface area contributed by atoms with Gasteiger partial charge < -0.3 is 4.90 Å². The number of hydrogen-bond donors (Lipinski definition) is 0. The van der Waals surface area contributed by atoms with Crippen LogP contribution in [-0.4, -0.2) is 16.3 Å². The van der Waals surface area contributed by atoms with Crippen molar-refractivity contribution in [1.82, 2.24) is 9.78 Å². The van der Waals surface area contributed by atoms with Gasteiger partial charge >= 0.3 is 6.18 Å². The standard InChI is InChI=1S/C27H29ClF5N3/c1-6-7-8-13-36(18(3)19-9-12-23(28)22(15-19)27(31,32)33)20-10-11-21(17(2)14-20)24-16-25(26(4,29)30)34-35(24)5/h9-12,14-16H,3,6-8,13H2,1-2,4-5H3. The van der Waals surface area contributed by atoms with Crippen LogP contribution in [0.4, 0.5) is 27.6 Å². The molecule has 0 radical (unpaired) electrons. The second kappa shape index (κ2) is 10.6. The molecule has 0 amide bonds. The maximum atomic E-state index is 13.8. The quantitative estimate of drug-likeness (QED) is 0.205. The highest BCUT2D eigenvalue weighted by Crippen LogP contribution is 2.38. The van der Waals surface area contributed by atoms with Crippen molar-refractivity contribution in [1.29, 1.82) is 0 Å². The van der Waals surface area contributed by atoms with E-state index in [1.165, 1.54) is 22.9 Å². The van der Waals surface area contributed by atoms with E-state index in [4.69, 9.17) is 11.6 Å². The Bertz CT molecular complexity index is 1240. The molecule has 36 heavy (non-hydrogen) atoms. The molecule has 0 saturated carbocycles. The van der Waals surface area contributed by atoms with Crippen LogP contribution in [0.1, 0.15) is 55.5 Å². The van der Waals surface area contributed by atoms with E-state index in [1.54, 1.807) is 7.05 Å². The van der Waals surface area contributed by atoms with E-state index >= 15 is 0 Å². The minimum absolute atomic E-state index is 0.311. The van der Waals surface area contributed by atoms with E-state index in [0.717, 1.165) is 49.1 Å². The highest BCUT2D eigenvalue weighted by Gasteiger charge is 2.34. The van der Waals surface area contributed by atoms with Crippen molar-refractivity contribution in [2.45, 2.75) is 52.1 Å². The van der Waals surface area contributed by atoms with Crippen LogP contribution in [0.25, 0.3) is 17.0 Å². The van der Waals surface area contributed by atoms with E-state index in [0.29, 0.717) is 23.5 Å². The first-order valence-electron chi connectivity index (χ1n) is 11.6. The molecule has 0 aliphatic rings. The van der Waals surface area contributed by atoms with Crippen LogP contribution in [0, 0.1) is 6.92 Å². The molecule has 194 valence electrons. The fourth-order valence-electron chi connectivity index (χ4n) is 4.05. The molecule has 0 aliphatic heterocycles. The number of alkyl halides is 5. The van der Waals surface area contributed by atoms with Gasteiger partial charge in [0.05, 0.1) is 16.3 Å². The summed E-state index contributed by atoms with van der Waals surface area (Å²) in [4.78, 5) is 1.88.